The highest BCUT2D eigenvalue weighted by atomic mass is 16.6. The first kappa shape index (κ1) is 33.5. The first-order chi connectivity index (χ1) is 22.5. The average molecular weight is 624 g/mol. The van der Waals surface area contributed by atoms with Crippen molar-refractivity contribution in [3.8, 4) is 0 Å². The van der Waals surface area contributed by atoms with Gasteiger partial charge in [0.1, 0.15) is 24.4 Å². The van der Waals surface area contributed by atoms with Gasteiger partial charge in [-0.2, -0.15) is 0 Å². The Labute approximate surface area is 272 Å². The van der Waals surface area contributed by atoms with Gasteiger partial charge >= 0.3 is 0 Å². The second-order valence-corrected chi connectivity index (χ2v) is 12.0. The summed E-state index contributed by atoms with van der Waals surface area (Å²) in [7, 11) is 0. The molecule has 0 aromatic heterocycles. The van der Waals surface area contributed by atoms with E-state index in [-0.39, 0.29) is 18.4 Å². The molecule has 46 heavy (non-hydrogen) atoms. The maximum Gasteiger partial charge on any atom is 0.222 e. The molecular formula is C39H45NO6. The lowest BCUT2D eigenvalue weighted by Crippen LogP contribution is -2.65. The van der Waals surface area contributed by atoms with Crippen molar-refractivity contribution in [2.24, 2.45) is 5.92 Å². The van der Waals surface area contributed by atoms with Gasteiger partial charge in [-0.15, -0.1) is 0 Å². The van der Waals surface area contributed by atoms with E-state index in [0.29, 0.717) is 32.8 Å². The third-order valence-electron chi connectivity index (χ3n) is 7.78. The smallest absolute Gasteiger partial charge is 0.222 e. The van der Waals surface area contributed by atoms with E-state index < -0.39 is 30.6 Å². The molecule has 7 nitrogen and oxygen atoms in total. The summed E-state index contributed by atoms with van der Waals surface area (Å²) < 4.78 is 32.9. The standard InChI is InChI=1S/C39H45NO6/c1-29(2)23-35(41)40-39-38(45-27-33-21-13-6-14-22-33)37(44-26-32-19-11-5-12-20-32)36(43-25-31-17-9-4-10-18-31)34(46-39)28-42-24-30-15-7-3-8-16-30/h3-22,29,34,36-39H,23-28H2,1-2H3,(H,40,41)/t34-,36+,37+,38-,39+/m1/s1. The quantitative estimate of drug-likeness (QED) is 0.147. The molecule has 1 amide bonds. The molecule has 7 heteroatoms. The Morgan fingerprint density at radius 3 is 1.48 bits per heavy atom. The van der Waals surface area contributed by atoms with Crippen molar-refractivity contribution in [2.45, 2.75) is 77.3 Å². The van der Waals surface area contributed by atoms with Crippen LogP contribution in [-0.4, -0.2) is 43.2 Å². The minimum atomic E-state index is -0.780. The Bertz CT molecular complexity index is 1420. The predicted octanol–water partition coefficient (Wildman–Crippen LogP) is 6.85. The highest BCUT2D eigenvalue weighted by Crippen LogP contribution is 2.30. The van der Waals surface area contributed by atoms with E-state index in [1.807, 2.05) is 135 Å². The van der Waals surface area contributed by atoms with Crippen molar-refractivity contribution in [1.29, 1.82) is 0 Å². The van der Waals surface area contributed by atoms with E-state index in [4.69, 9.17) is 23.7 Å². The van der Waals surface area contributed by atoms with Crippen molar-refractivity contribution in [3.63, 3.8) is 0 Å². The Morgan fingerprint density at radius 2 is 1.02 bits per heavy atom. The fourth-order valence-corrected chi connectivity index (χ4v) is 5.49. The largest absolute Gasteiger partial charge is 0.374 e. The van der Waals surface area contributed by atoms with Crippen LogP contribution in [0.4, 0.5) is 0 Å². The maximum atomic E-state index is 13.2. The van der Waals surface area contributed by atoms with Crippen molar-refractivity contribution < 1.29 is 28.5 Å². The highest BCUT2D eigenvalue weighted by molar-refractivity contribution is 5.76. The number of ether oxygens (including phenoxy) is 5. The van der Waals surface area contributed by atoms with Crippen LogP contribution >= 0.6 is 0 Å². The van der Waals surface area contributed by atoms with E-state index in [2.05, 4.69) is 5.32 Å². The van der Waals surface area contributed by atoms with Crippen LogP contribution in [0.5, 0.6) is 0 Å². The lowest BCUT2D eigenvalue weighted by molar-refractivity contribution is -0.277. The summed E-state index contributed by atoms with van der Waals surface area (Å²) in [5.41, 5.74) is 4.12. The van der Waals surface area contributed by atoms with Crippen LogP contribution in [0.3, 0.4) is 0 Å². The van der Waals surface area contributed by atoms with Crippen LogP contribution in [0.25, 0.3) is 0 Å². The first-order valence-electron chi connectivity index (χ1n) is 16.1. The molecule has 4 aromatic carbocycles. The Hall–Kier alpha value is -3.85. The van der Waals surface area contributed by atoms with Gasteiger partial charge in [0.05, 0.1) is 33.0 Å². The van der Waals surface area contributed by atoms with Crippen LogP contribution in [0.1, 0.15) is 42.5 Å². The van der Waals surface area contributed by atoms with Crippen LogP contribution in [0, 0.1) is 5.92 Å². The third kappa shape index (κ3) is 10.3. The number of carbonyl (C=O) groups excluding carboxylic acids is 1. The Morgan fingerprint density at radius 1 is 0.609 bits per heavy atom. The normalized spacial score (nSPS) is 21.2. The van der Waals surface area contributed by atoms with E-state index in [0.717, 1.165) is 22.3 Å². The average Bonchev–Trinajstić information content (AvgIpc) is 3.08. The fraction of sp³-hybridized carbons (Fsp3) is 0.359. The molecule has 5 rings (SSSR count). The topological polar surface area (TPSA) is 75.3 Å². The summed E-state index contributed by atoms with van der Waals surface area (Å²) in [5.74, 6) is 0.0760. The number of amides is 1. The maximum absolute atomic E-state index is 13.2. The van der Waals surface area contributed by atoms with Gasteiger partial charge in [-0.1, -0.05) is 135 Å². The fourth-order valence-electron chi connectivity index (χ4n) is 5.49. The van der Waals surface area contributed by atoms with Gasteiger partial charge in [0.15, 0.2) is 6.23 Å². The molecule has 0 aliphatic carbocycles. The van der Waals surface area contributed by atoms with Crippen molar-refractivity contribution in [1.82, 2.24) is 5.32 Å². The molecular weight excluding hydrogens is 578 g/mol. The molecule has 0 bridgehead atoms. The number of rotatable bonds is 16. The molecule has 242 valence electrons. The predicted molar refractivity (Wildman–Crippen MR) is 177 cm³/mol. The molecule has 0 radical (unpaired) electrons. The molecule has 4 aromatic rings. The molecule has 1 aliphatic rings. The van der Waals surface area contributed by atoms with Gasteiger partial charge in [0, 0.05) is 6.42 Å². The zero-order valence-corrected chi connectivity index (χ0v) is 26.7. The van der Waals surface area contributed by atoms with Gasteiger partial charge in [-0.3, -0.25) is 4.79 Å². The first-order valence-corrected chi connectivity index (χ1v) is 16.1. The number of hydrogen-bond donors (Lipinski definition) is 1. The molecule has 1 saturated heterocycles. The summed E-state index contributed by atoms with van der Waals surface area (Å²) >= 11 is 0. The second-order valence-electron chi connectivity index (χ2n) is 12.0. The van der Waals surface area contributed by atoms with Crippen molar-refractivity contribution >= 4 is 5.91 Å². The number of benzene rings is 4. The van der Waals surface area contributed by atoms with Gasteiger partial charge in [-0.05, 0) is 28.2 Å². The molecule has 1 fully saturated rings. The minimum Gasteiger partial charge on any atom is -0.374 e. The molecule has 1 N–H and O–H groups in total. The Kier molecular flexibility index (Phi) is 12.9. The number of nitrogens with one attached hydrogen (secondary N) is 1. The van der Waals surface area contributed by atoms with Crippen LogP contribution in [0.2, 0.25) is 0 Å². The molecule has 0 unspecified atom stereocenters. The summed E-state index contributed by atoms with van der Waals surface area (Å²) in [5, 5.41) is 3.12. The monoisotopic (exact) mass is 623 g/mol. The molecule has 5 atom stereocenters. The third-order valence-corrected chi connectivity index (χ3v) is 7.78. The molecule has 0 saturated carbocycles. The van der Waals surface area contributed by atoms with E-state index in [1.165, 1.54) is 0 Å². The van der Waals surface area contributed by atoms with Crippen molar-refractivity contribution in [3.05, 3.63) is 144 Å². The molecule has 0 spiro atoms. The van der Waals surface area contributed by atoms with Gasteiger partial charge in [0.2, 0.25) is 5.91 Å². The van der Waals surface area contributed by atoms with Crippen LogP contribution in [-0.2, 0) is 54.9 Å². The zero-order valence-electron chi connectivity index (χ0n) is 26.7. The summed E-state index contributed by atoms with van der Waals surface area (Å²) in [6, 6.07) is 40.0. The summed E-state index contributed by atoms with van der Waals surface area (Å²) in [6.45, 7) is 5.70. The molecule has 1 aliphatic heterocycles. The summed E-state index contributed by atoms with van der Waals surface area (Å²) in [6.07, 6.45) is -2.77. The van der Waals surface area contributed by atoms with Crippen molar-refractivity contribution in [2.75, 3.05) is 6.61 Å². The second kappa shape index (κ2) is 17.7. The van der Waals surface area contributed by atoms with E-state index in [9.17, 15) is 4.79 Å². The molecule has 1 heterocycles. The summed E-state index contributed by atoms with van der Waals surface area (Å²) in [4.78, 5) is 13.2. The van der Waals surface area contributed by atoms with E-state index in [1.54, 1.807) is 0 Å². The lowest BCUT2D eigenvalue weighted by atomic mass is 9.96. The highest BCUT2D eigenvalue weighted by Gasteiger charge is 2.49. The minimum absolute atomic E-state index is 0.109. The van der Waals surface area contributed by atoms with Crippen LogP contribution < -0.4 is 5.32 Å². The lowest BCUT2D eigenvalue weighted by Gasteiger charge is -2.46. The van der Waals surface area contributed by atoms with Gasteiger partial charge in [0.25, 0.3) is 0 Å². The van der Waals surface area contributed by atoms with Gasteiger partial charge < -0.3 is 29.0 Å². The number of hydrogen-bond acceptors (Lipinski definition) is 6. The SMILES string of the molecule is CC(C)CC(=O)N[C@H]1O[C@H](COCc2ccccc2)[C@H](OCc2ccccc2)[C@H](OCc2ccccc2)[C@H]1OCc1ccccc1. The number of carbonyl (C=O) groups is 1. The zero-order chi connectivity index (χ0) is 32.0. The van der Waals surface area contributed by atoms with E-state index >= 15 is 0 Å². The Balaban J connectivity index is 1.45. The van der Waals surface area contributed by atoms with Crippen LogP contribution in [0.15, 0.2) is 121 Å². The van der Waals surface area contributed by atoms with Gasteiger partial charge in [-0.25, -0.2) is 0 Å².